The molecule has 0 aliphatic heterocycles. The summed E-state index contributed by atoms with van der Waals surface area (Å²) in [6.07, 6.45) is 6.22. The zero-order valence-electron chi connectivity index (χ0n) is 14.6. The van der Waals surface area contributed by atoms with Crippen LogP contribution in [-0.4, -0.2) is 17.2 Å². The lowest BCUT2D eigenvalue weighted by Crippen LogP contribution is -2.14. The van der Waals surface area contributed by atoms with Gasteiger partial charge in [-0.2, -0.15) is 8.75 Å². The maximum atomic E-state index is 12.9. The van der Waals surface area contributed by atoms with E-state index in [1.54, 1.807) is 12.1 Å². The van der Waals surface area contributed by atoms with Gasteiger partial charge in [0.2, 0.25) is 0 Å². The van der Waals surface area contributed by atoms with Crippen molar-refractivity contribution in [3.8, 4) is 0 Å². The molecule has 0 bridgehead atoms. The molecule has 4 rings (SSSR count). The van der Waals surface area contributed by atoms with Crippen LogP contribution in [0.2, 0.25) is 0 Å². The summed E-state index contributed by atoms with van der Waals surface area (Å²) < 4.78 is 36.8. The predicted molar refractivity (Wildman–Crippen MR) is 105 cm³/mol. The second-order valence-corrected chi connectivity index (χ2v) is 9.11. The number of hydrogen-bond donors (Lipinski definition) is 1. The van der Waals surface area contributed by atoms with Crippen LogP contribution in [0.25, 0.3) is 11.0 Å². The van der Waals surface area contributed by atoms with Crippen molar-refractivity contribution >= 4 is 38.5 Å². The topological polar surface area (TPSA) is 72.0 Å². The summed E-state index contributed by atoms with van der Waals surface area (Å²) in [5.74, 6) is 0.561. The van der Waals surface area contributed by atoms with Crippen LogP contribution < -0.4 is 4.72 Å². The van der Waals surface area contributed by atoms with Gasteiger partial charge in [-0.15, -0.1) is 0 Å². The molecule has 1 fully saturated rings. The molecule has 1 aliphatic carbocycles. The molecule has 1 saturated carbocycles. The fourth-order valence-corrected chi connectivity index (χ4v) is 5.31. The van der Waals surface area contributed by atoms with Crippen LogP contribution in [0, 0.1) is 6.92 Å². The zero-order chi connectivity index (χ0) is 18.1. The van der Waals surface area contributed by atoms with Gasteiger partial charge >= 0.3 is 0 Å². The Bertz CT molecular complexity index is 1020. The van der Waals surface area contributed by atoms with Crippen molar-refractivity contribution in [3.05, 3.63) is 47.5 Å². The second-order valence-electron chi connectivity index (χ2n) is 6.90. The first kappa shape index (κ1) is 17.4. The van der Waals surface area contributed by atoms with E-state index in [2.05, 4.69) is 13.5 Å². The lowest BCUT2D eigenvalue weighted by Gasteiger charge is -2.22. The number of sulfonamides is 1. The number of aromatic nitrogens is 2. The minimum atomic E-state index is -3.67. The zero-order valence-corrected chi connectivity index (χ0v) is 16.2. The molecule has 0 saturated heterocycles. The molecule has 2 aromatic carbocycles. The van der Waals surface area contributed by atoms with E-state index in [0.29, 0.717) is 22.6 Å². The van der Waals surface area contributed by atoms with Gasteiger partial charge in [0.15, 0.2) is 0 Å². The van der Waals surface area contributed by atoms with Gasteiger partial charge in [-0.25, -0.2) is 8.42 Å². The van der Waals surface area contributed by atoms with Crippen LogP contribution in [0.5, 0.6) is 0 Å². The molecular formula is C19H21N3O2S2. The Labute approximate surface area is 157 Å². The smallest absolute Gasteiger partial charge is 0.261 e. The van der Waals surface area contributed by atoms with Crippen molar-refractivity contribution in [1.29, 1.82) is 0 Å². The minimum Gasteiger partial charge on any atom is -0.277 e. The lowest BCUT2D eigenvalue weighted by atomic mass is 9.84. The Kier molecular flexibility index (Phi) is 4.67. The average Bonchev–Trinajstić information content (AvgIpc) is 3.14. The summed E-state index contributed by atoms with van der Waals surface area (Å²) in [5, 5.41) is 0. The highest BCUT2D eigenvalue weighted by Gasteiger charge is 2.20. The van der Waals surface area contributed by atoms with Gasteiger partial charge in [-0.3, -0.25) is 4.72 Å². The predicted octanol–water partition coefficient (Wildman–Crippen LogP) is 4.85. The molecule has 0 spiro atoms. The van der Waals surface area contributed by atoms with Crippen LogP contribution in [0.4, 0.5) is 5.69 Å². The molecule has 1 N–H and O–H groups in total. The van der Waals surface area contributed by atoms with Crippen molar-refractivity contribution in [2.75, 3.05) is 4.72 Å². The highest BCUT2D eigenvalue weighted by molar-refractivity contribution is 7.92. The third-order valence-corrected chi connectivity index (χ3v) is 7.05. The molecule has 0 atom stereocenters. The Morgan fingerprint density at radius 3 is 2.46 bits per heavy atom. The highest BCUT2D eigenvalue weighted by Crippen LogP contribution is 2.33. The van der Waals surface area contributed by atoms with Crippen LogP contribution in [0.15, 0.2) is 41.3 Å². The monoisotopic (exact) mass is 387 g/mol. The SMILES string of the molecule is Cc1ccc2nsnc2c1NS(=O)(=O)c1ccc(C2CCCCC2)cc1. The molecule has 0 unspecified atom stereocenters. The summed E-state index contributed by atoms with van der Waals surface area (Å²) in [6.45, 7) is 1.86. The molecule has 0 amide bonds. The summed E-state index contributed by atoms with van der Waals surface area (Å²) in [5.41, 5.74) is 3.87. The maximum Gasteiger partial charge on any atom is 0.261 e. The third kappa shape index (κ3) is 3.33. The molecule has 26 heavy (non-hydrogen) atoms. The molecule has 1 heterocycles. The van der Waals surface area contributed by atoms with Crippen molar-refractivity contribution in [1.82, 2.24) is 8.75 Å². The normalized spacial score (nSPS) is 16.0. The lowest BCUT2D eigenvalue weighted by molar-refractivity contribution is 0.443. The van der Waals surface area contributed by atoms with E-state index in [4.69, 9.17) is 0 Å². The number of fused-ring (bicyclic) bond motifs is 1. The van der Waals surface area contributed by atoms with E-state index in [1.165, 1.54) is 37.7 Å². The standard InChI is InChI=1S/C19H21N3O2S2/c1-13-7-12-17-19(21-25-20-17)18(13)22-26(23,24)16-10-8-15(9-11-16)14-5-3-2-4-6-14/h7-12,14,22H,2-6H2,1H3. The van der Waals surface area contributed by atoms with Crippen LogP contribution in [0.3, 0.4) is 0 Å². The molecule has 0 radical (unpaired) electrons. The van der Waals surface area contributed by atoms with Gasteiger partial charge in [-0.1, -0.05) is 37.5 Å². The van der Waals surface area contributed by atoms with Crippen LogP contribution in [-0.2, 0) is 10.0 Å². The van der Waals surface area contributed by atoms with E-state index >= 15 is 0 Å². The molecule has 1 aromatic heterocycles. The van der Waals surface area contributed by atoms with Crippen LogP contribution in [0.1, 0.15) is 49.1 Å². The summed E-state index contributed by atoms with van der Waals surface area (Å²) >= 11 is 1.08. The highest BCUT2D eigenvalue weighted by atomic mass is 32.2. The Morgan fingerprint density at radius 1 is 1.00 bits per heavy atom. The first-order valence-electron chi connectivity index (χ1n) is 8.89. The molecule has 5 nitrogen and oxygen atoms in total. The number of hydrogen-bond acceptors (Lipinski definition) is 5. The number of rotatable bonds is 4. The second kappa shape index (κ2) is 6.96. The number of anilines is 1. The Morgan fingerprint density at radius 2 is 1.73 bits per heavy atom. The maximum absolute atomic E-state index is 12.9. The summed E-state index contributed by atoms with van der Waals surface area (Å²) in [6, 6.07) is 11.0. The molecule has 3 aromatic rings. The third-order valence-electron chi connectivity index (χ3n) is 5.14. The van der Waals surface area contributed by atoms with Gasteiger partial charge in [0.25, 0.3) is 10.0 Å². The molecule has 7 heteroatoms. The van der Waals surface area contributed by atoms with Gasteiger partial charge in [-0.05, 0) is 55.0 Å². The van der Waals surface area contributed by atoms with E-state index in [9.17, 15) is 8.42 Å². The van der Waals surface area contributed by atoms with Crippen molar-refractivity contribution in [3.63, 3.8) is 0 Å². The van der Waals surface area contributed by atoms with E-state index < -0.39 is 10.0 Å². The number of nitrogens with zero attached hydrogens (tertiary/aromatic N) is 2. The Balaban J connectivity index is 1.62. The summed E-state index contributed by atoms with van der Waals surface area (Å²) in [7, 11) is -3.67. The Hall–Kier alpha value is -1.99. The minimum absolute atomic E-state index is 0.275. The van der Waals surface area contributed by atoms with Gasteiger partial charge in [0.1, 0.15) is 11.0 Å². The van der Waals surface area contributed by atoms with E-state index in [-0.39, 0.29) is 4.90 Å². The van der Waals surface area contributed by atoms with Crippen molar-refractivity contribution < 1.29 is 8.42 Å². The average molecular weight is 388 g/mol. The number of benzene rings is 2. The molecule has 136 valence electrons. The van der Waals surface area contributed by atoms with E-state index in [0.717, 1.165) is 17.3 Å². The van der Waals surface area contributed by atoms with Crippen molar-refractivity contribution in [2.24, 2.45) is 0 Å². The molecular weight excluding hydrogens is 366 g/mol. The number of aryl methyl sites for hydroxylation is 1. The first-order chi connectivity index (χ1) is 12.5. The summed E-state index contributed by atoms with van der Waals surface area (Å²) in [4.78, 5) is 0.275. The largest absolute Gasteiger partial charge is 0.277 e. The molecule has 1 aliphatic rings. The van der Waals surface area contributed by atoms with Crippen molar-refractivity contribution in [2.45, 2.75) is 49.8 Å². The van der Waals surface area contributed by atoms with E-state index in [1.807, 2.05) is 31.2 Å². The fraction of sp³-hybridized carbons (Fsp3) is 0.368. The number of nitrogens with one attached hydrogen (secondary N) is 1. The fourth-order valence-electron chi connectivity index (χ4n) is 3.63. The van der Waals surface area contributed by atoms with Gasteiger partial charge < -0.3 is 0 Å². The first-order valence-corrected chi connectivity index (χ1v) is 11.1. The quantitative estimate of drug-likeness (QED) is 0.695. The van der Waals surface area contributed by atoms with Gasteiger partial charge in [0.05, 0.1) is 22.3 Å². The van der Waals surface area contributed by atoms with Gasteiger partial charge in [0, 0.05) is 0 Å². The van der Waals surface area contributed by atoms with Crippen LogP contribution >= 0.6 is 11.7 Å².